The fourth-order valence-corrected chi connectivity index (χ4v) is 3.25. The molecule has 0 saturated heterocycles. The Labute approximate surface area is 135 Å². The molecule has 0 spiro atoms. The molecule has 23 heavy (non-hydrogen) atoms. The number of methoxy groups -OCH3 is 1. The summed E-state index contributed by atoms with van der Waals surface area (Å²) >= 11 is 1.27. The van der Waals surface area contributed by atoms with Crippen LogP contribution in [0.5, 0.6) is 11.5 Å². The lowest BCUT2D eigenvalue weighted by Gasteiger charge is -2.11. The average molecular weight is 330 g/mol. The summed E-state index contributed by atoms with van der Waals surface area (Å²) < 4.78 is 7.01. The second-order valence-electron chi connectivity index (χ2n) is 4.88. The summed E-state index contributed by atoms with van der Waals surface area (Å²) in [6.07, 6.45) is 0. The molecule has 0 unspecified atom stereocenters. The molecule has 7 heteroatoms. The molecule has 1 aromatic carbocycles. The fourth-order valence-electron chi connectivity index (χ4n) is 2.37. The van der Waals surface area contributed by atoms with E-state index in [-0.39, 0.29) is 11.3 Å². The summed E-state index contributed by atoms with van der Waals surface area (Å²) in [6, 6.07) is 8.57. The summed E-state index contributed by atoms with van der Waals surface area (Å²) in [7, 11) is 3.05. The molecule has 3 aromatic rings. The third kappa shape index (κ3) is 2.44. The predicted molar refractivity (Wildman–Crippen MR) is 89.7 cm³/mol. The first-order chi connectivity index (χ1) is 11.0. The zero-order chi connectivity index (χ0) is 16.6. The van der Waals surface area contributed by atoms with Crippen molar-refractivity contribution in [3.05, 3.63) is 51.6 Å². The number of nitrogens with one attached hydrogen (secondary N) is 1. The number of benzene rings is 1. The fraction of sp³-hybridized carbons (Fsp3) is 0.125. The van der Waals surface area contributed by atoms with Gasteiger partial charge in [-0.25, -0.2) is 0 Å². The normalized spacial score (nSPS) is 10.7. The number of nitrogens with zero attached hydrogens (tertiary/aromatic N) is 1. The highest BCUT2D eigenvalue weighted by molar-refractivity contribution is 7.17. The third-order valence-corrected chi connectivity index (χ3v) is 4.47. The Hall–Kier alpha value is -2.80. The van der Waals surface area contributed by atoms with Gasteiger partial charge in [0.05, 0.1) is 23.0 Å². The number of ether oxygens (including phenoxy) is 1. The van der Waals surface area contributed by atoms with Gasteiger partial charge in [-0.15, -0.1) is 11.3 Å². The summed E-state index contributed by atoms with van der Waals surface area (Å²) in [4.78, 5) is 24.9. The van der Waals surface area contributed by atoms with Crippen LogP contribution in [0.15, 0.2) is 40.5 Å². The van der Waals surface area contributed by atoms with Crippen LogP contribution in [0.2, 0.25) is 0 Å². The van der Waals surface area contributed by atoms with E-state index >= 15 is 0 Å². The first-order valence-electron chi connectivity index (χ1n) is 6.78. The minimum absolute atomic E-state index is 0.284. The number of amides is 1. The molecule has 2 heterocycles. The third-order valence-electron chi connectivity index (χ3n) is 3.56. The average Bonchev–Trinajstić information content (AvgIpc) is 3.03. The first-order valence-corrected chi connectivity index (χ1v) is 7.66. The summed E-state index contributed by atoms with van der Waals surface area (Å²) in [5.74, 6) is -0.511. The maximum absolute atomic E-state index is 12.5. The van der Waals surface area contributed by atoms with Gasteiger partial charge in [0.1, 0.15) is 11.3 Å². The van der Waals surface area contributed by atoms with E-state index in [4.69, 9.17) is 4.74 Å². The van der Waals surface area contributed by atoms with Crippen LogP contribution in [0.3, 0.4) is 0 Å². The molecule has 0 aliphatic rings. The molecule has 3 rings (SSSR count). The molecule has 0 atom stereocenters. The molecular weight excluding hydrogens is 316 g/mol. The highest BCUT2D eigenvalue weighted by Crippen LogP contribution is 2.31. The summed E-state index contributed by atoms with van der Waals surface area (Å²) in [5, 5.41) is 14.7. The van der Waals surface area contributed by atoms with Crippen molar-refractivity contribution < 1.29 is 14.6 Å². The van der Waals surface area contributed by atoms with Crippen molar-refractivity contribution in [3.8, 4) is 11.5 Å². The minimum Gasteiger partial charge on any atom is -0.505 e. The van der Waals surface area contributed by atoms with Crippen molar-refractivity contribution in [1.82, 2.24) is 4.57 Å². The van der Waals surface area contributed by atoms with Gasteiger partial charge >= 0.3 is 0 Å². The number of thiophene rings is 1. The van der Waals surface area contributed by atoms with E-state index in [1.165, 1.54) is 23.0 Å². The number of aromatic hydroxyl groups is 1. The number of aryl methyl sites for hydroxylation is 1. The Morgan fingerprint density at radius 2 is 2.04 bits per heavy atom. The second kappa shape index (κ2) is 5.77. The number of rotatable bonds is 3. The molecule has 1 amide bonds. The van der Waals surface area contributed by atoms with Gasteiger partial charge in [-0.3, -0.25) is 9.59 Å². The Morgan fingerprint density at radius 3 is 2.78 bits per heavy atom. The van der Waals surface area contributed by atoms with E-state index in [9.17, 15) is 14.7 Å². The molecule has 6 nitrogen and oxygen atoms in total. The summed E-state index contributed by atoms with van der Waals surface area (Å²) in [5.41, 5.74) is 0.174. The smallest absolute Gasteiger partial charge is 0.267 e. The number of para-hydroxylation sites is 2. The monoisotopic (exact) mass is 330 g/mol. The van der Waals surface area contributed by atoms with Crippen molar-refractivity contribution in [2.45, 2.75) is 0 Å². The Bertz CT molecular complexity index is 958. The molecule has 0 aliphatic heterocycles. The van der Waals surface area contributed by atoms with E-state index in [1.807, 2.05) is 0 Å². The van der Waals surface area contributed by atoms with Crippen LogP contribution < -0.4 is 15.6 Å². The zero-order valence-electron chi connectivity index (χ0n) is 12.5. The van der Waals surface area contributed by atoms with Crippen LogP contribution in [0.1, 0.15) is 10.4 Å². The Kier molecular flexibility index (Phi) is 3.79. The molecule has 0 bridgehead atoms. The molecule has 0 saturated carbocycles. The van der Waals surface area contributed by atoms with Gasteiger partial charge in [-0.1, -0.05) is 12.1 Å². The Balaban J connectivity index is 2.10. The van der Waals surface area contributed by atoms with Crippen molar-refractivity contribution in [1.29, 1.82) is 0 Å². The van der Waals surface area contributed by atoms with E-state index in [0.717, 1.165) is 0 Å². The van der Waals surface area contributed by atoms with Gasteiger partial charge in [-0.05, 0) is 23.6 Å². The van der Waals surface area contributed by atoms with Crippen molar-refractivity contribution in [2.75, 3.05) is 12.4 Å². The lowest BCUT2D eigenvalue weighted by atomic mass is 10.2. The van der Waals surface area contributed by atoms with Gasteiger partial charge in [0.2, 0.25) is 0 Å². The van der Waals surface area contributed by atoms with Crippen molar-refractivity contribution in [3.63, 3.8) is 0 Å². The maximum Gasteiger partial charge on any atom is 0.267 e. The molecule has 0 fully saturated rings. The number of hydrogen-bond acceptors (Lipinski definition) is 5. The van der Waals surface area contributed by atoms with E-state index in [2.05, 4.69) is 5.32 Å². The quantitative estimate of drug-likeness (QED) is 0.773. The van der Waals surface area contributed by atoms with Crippen LogP contribution >= 0.6 is 11.3 Å². The van der Waals surface area contributed by atoms with Crippen LogP contribution in [-0.2, 0) is 7.05 Å². The number of anilines is 1. The van der Waals surface area contributed by atoms with Crippen molar-refractivity contribution >= 4 is 33.1 Å². The van der Waals surface area contributed by atoms with Crippen molar-refractivity contribution in [2.24, 2.45) is 7.05 Å². The first kappa shape index (κ1) is 15.1. The van der Waals surface area contributed by atoms with E-state index in [1.54, 1.807) is 42.8 Å². The van der Waals surface area contributed by atoms with Crippen LogP contribution in [0, 0.1) is 0 Å². The largest absolute Gasteiger partial charge is 0.505 e. The number of pyridine rings is 1. The Morgan fingerprint density at radius 1 is 1.30 bits per heavy atom. The highest BCUT2D eigenvalue weighted by Gasteiger charge is 2.22. The number of aromatic nitrogens is 1. The second-order valence-corrected chi connectivity index (χ2v) is 5.79. The van der Waals surface area contributed by atoms with Crippen LogP contribution in [0.4, 0.5) is 5.69 Å². The summed E-state index contributed by atoms with van der Waals surface area (Å²) in [6.45, 7) is 0. The lowest BCUT2D eigenvalue weighted by Crippen LogP contribution is -2.28. The van der Waals surface area contributed by atoms with Gasteiger partial charge in [0.25, 0.3) is 11.5 Å². The van der Waals surface area contributed by atoms with Gasteiger partial charge in [0.15, 0.2) is 5.75 Å². The van der Waals surface area contributed by atoms with Gasteiger partial charge in [0, 0.05) is 7.05 Å². The zero-order valence-corrected chi connectivity index (χ0v) is 13.3. The number of hydrogen-bond donors (Lipinski definition) is 2. The molecule has 2 N–H and O–H groups in total. The molecular formula is C16H14N2O4S. The molecule has 0 aliphatic carbocycles. The molecule has 118 valence electrons. The lowest BCUT2D eigenvalue weighted by molar-refractivity contribution is 0.102. The number of fused-ring (bicyclic) bond motifs is 1. The SMILES string of the molecule is COc1ccccc1NC(=O)c1c(O)c2sccc2n(C)c1=O. The topological polar surface area (TPSA) is 80.6 Å². The minimum atomic E-state index is -0.678. The predicted octanol–water partition coefficient (Wildman–Crippen LogP) is 2.57. The molecule has 0 radical (unpaired) electrons. The standard InChI is InChI=1S/C16H14N2O4S/c1-18-10-7-8-23-14(10)13(19)12(16(18)21)15(20)17-9-5-3-4-6-11(9)22-2/h3-8,19H,1-2H3,(H,17,20). The van der Waals surface area contributed by atoms with Gasteiger partial charge in [-0.2, -0.15) is 0 Å². The number of carbonyl (C=O) groups is 1. The highest BCUT2D eigenvalue weighted by atomic mass is 32.1. The number of carbonyl (C=O) groups excluding carboxylic acids is 1. The maximum atomic E-state index is 12.5. The van der Waals surface area contributed by atoms with E-state index in [0.29, 0.717) is 21.7 Å². The molecule has 2 aromatic heterocycles. The van der Waals surface area contributed by atoms with Crippen LogP contribution in [0.25, 0.3) is 10.2 Å². The van der Waals surface area contributed by atoms with Crippen LogP contribution in [-0.4, -0.2) is 22.7 Å². The van der Waals surface area contributed by atoms with Gasteiger partial charge < -0.3 is 19.7 Å². The van der Waals surface area contributed by atoms with E-state index < -0.39 is 11.5 Å².